The minimum Gasteiger partial charge on any atom is -0.489 e. The molecule has 0 atom stereocenters. The Morgan fingerprint density at radius 2 is 1.73 bits per heavy atom. The van der Waals surface area contributed by atoms with Gasteiger partial charge in [-0.25, -0.2) is 0 Å². The standard InChI is InChI=1S/C29H34N2O2/c32-28(17-29-14-21-10-22(15-29)12-23(11-21)16-29)30-9-8-24-18-31-27-13-25(6-7-26(24)27)33-19-20-4-2-1-3-5-20/h1-7,13,18,21-23,31H,8-12,14-17,19H2,(H,30,32). The highest BCUT2D eigenvalue weighted by Crippen LogP contribution is 2.61. The quantitative estimate of drug-likeness (QED) is 0.449. The molecule has 1 aromatic heterocycles. The number of nitrogens with one attached hydrogen (secondary N) is 2. The van der Waals surface area contributed by atoms with Crippen LogP contribution in [0.3, 0.4) is 0 Å². The molecule has 0 aliphatic heterocycles. The molecule has 7 rings (SSSR count). The Morgan fingerprint density at radius 3 is 2.45 bits per heavy atom. The number of aromatic amines is 1. The predicted molar refractivity (Wildman–Crippen MR) is 131 cm³/mol. The lowest BCUT2D eigenvalue weighted by Crippen LogP contribution is -2.48. The van der Waals surface area contributed by atoms with Crippen molar-refractivity contribution in [3.8, 4) is 5.75 Å². The summed E-state index contributed by atoms with van der Waals surface area (Å²) in [5.41, 5.74) is 3.80. The van der Waals surface area contributed by atoms with Gasteiger partial charge in [-0.1, -0.05) is 30.3 Å². The molecule has 1 amide bonds. The minimum absolute atomic E-state index is 0.258. The Bertz CT molecular complexity index is 1100. The Labute approximate surface area is 196 Å². The van der Waals surface area contributed by atoms with E-state index in [9.17, 15) is 4.79 Å². The number of hydrogen-bond donors (Lipinski definition) is 2. The fourth-order valence-electron chi connectivity index (χ4n) is 7.45. The zero-order chi connectivity index (χ0) is 22.3. The number of ether oxygens (including phenoxy) is 1. The number of carbonyl (C=O) groups excluding carboxylic acids is 1. The van der Waals surface area contributed by atoms with Crippen molar-refractivity contribution in [1.29, 1.82) is 0 Å². The number of benzene rings is 2. The Balaban J connectivity index is 1.02. The van der Waals surface area contributed by atoms with E-state index in [0.717, 1.165) is 47.4 Å². The van der Waals surface area contributed by atoms with E-state index in [1.807, 2.05) is 24.3 Å². The van der Waals surface area contributed by atoms with Crippen LogP contribution < -0.4 is 10.1 Å². The van der Waals surface area contributed by atoms with Gasteiger partial charge in [0.1, 0.15) is 12.4 Å². The summed E-state index contributed by atoms with van der Waals surface area (Å²) < 4.78 is 5.96. The zero-order valence-corrected chi connectivity index (χ0v) is 19.3. The molecule has 2 aromatic carbocycles. The molecule has 1 heterocycles. The molecule has 4 heteroatoms. The average Bonchev–Trinajstić information content (AvgIpc) is 3.19. The number of rotatable bonds is 8. The molecule has 4 bridgehead atoms. The average molecular weight is 443 g/mol. The van der Waals surface area contributed by atoms with Crippen molar-refractivity contribution in [2.45, 2.75) is 58.0 Å². The van der Waals surface area contributed by atoms with Crippen LogP contribution in [0.4, 0.5) is 0 Å². The van der Waals surface area contributed by atoms with E-state index >= 15 is 0 Å². The van der Waals surface area contributed by atoms with E-state index in [0.29, 0.717) is 18.6 Å². The maximum Gasteiger partial charge on any atom is 0.220 e. The van der Waals surface area contributed by atoms with Crippen LogP contribution in [0, 0.1) is 23.2 Å². The number of amides is 1. The first kappa shape index (κ1) is 20.8. The molecule has 0 saturated heterocycles. The third-order valence-corrected chi connectivity index (χ3v) is 8.40. The van der Waals surface area contributed by atoms with Crippen LogP contribution in [-0.2, 0) is 17.8 Å². The van der Waals surface area contributed by atoms with Crippen LogP contribution in [0.25, 0.3) is 10.9 Å². The highest BCUT2D eigenvalue weighted by Gasteiger charge is 2.51. The van der Waals surface area contributed by atoms with Gasteiger partial charge in [0.05, 0.1) is 0 Å². The van der Waals surface area contributed by atoms with Gasteiger partial charge in [-0.2, -0.15) is 0 Å². The molecule has 172 valence electrons. The largest absolute Gasteiger partial charge is 0.489 e. The number of carbonyl (C=O) groups is 1. The Hall–Kier alpha value is -2.75. The first-order valence-electron chi connectivity index (χ1n) is 12.7. The van der Waals surface area contributed by atoms with E-state index < -0.39 is 0 Å². The van der Waals surface area contributed by atoms with Crippen molar-refractivity contribution in [1.82, 2.24) is 10.3 Å². The van der Waals surface area contributed by atoms with Crippen molar-refractivity contribution in [3.63, 3.8) is 0 Å². The molecule has 4 fully saturated rings. The van der Waals surface area contributed by atoms with Gasteiger partial charge < -0.3 is 15.0 Å². The summed E-state index contributed by atoms with van der Waals surface area (Å²) in [6.45, 7) is 1.26. The molecule has 4 aliphatic rings. The maximum atomic E-state index is 12.8. The van der Waals surface area contributed by atoms with Gasteiger partial charge in [-0.05, 0) is 91.4 Å². The lowest BCUT2D eigenvalue weighted by atomic mass is 9.49. The Kier molecular flexibility index (Phi) is 5.40. The summed E-state index contributed by atoms with van der Waals surface area (Å²) in [6, 6.07) is 16.4. The summed E-state index contributed by atoms with van der Waals surface area (Å²) in [4.78, 5) is 16.2. The van der Waals surface area contributed by atoms with Crippen molar-refractivity contribution >= 4 is 16.8 Å². The summed E-state index contributed by atoms with van der Waals surface area (Å²) in [6.07, 6.45) is 11.8. The molecule has 4 nitrogen and oxygen atoms in total. The van der Waals surface area contributed by atoms with Gasteiger partial charge in [0, 0.05) is 36.1 Å². The van der Waals surface area contributed by atoms with Crippen LogP contribution in [0.5, 0.6) is 5.75 Å². The van der Waals surface area contributed by atoms with Crippen LogP contribution >= 0.6 is 0 Å². The number of aromatic nitrogens is 1. The molecular weight excluding hydrogens is 408 g/mol. The summed E-state index contributed by atoms with van der Waals surface area (Å²) in [5.74, 6) is 3.82. The second kappa shape index (κ2) is 8.55. The van der Waals surface area contributed by atoms with E-state index in [1.54, 1.807) is 0 Å². The molecule has 3 aromatic rings. The van der Waals surface area contributed by atoms with Gasteiger partial charge in [-0.15, -0.1) is 0 Å². The van der Waals surface area contributed by atoms with Crippen molar-refractivity contribution in [2.75, 3.05) is 6.54 Å². The van der Waals surface area contributed by atoms with Crippen molar-refractivity contribution in [2.24, 2.45) is 23.2 Å². The molecular formula is C29H34N2O2. The summed E-state index contributed by atoms with van der Waals surface area (Å²) in [5, 5.41) is 4.44. The van der Waals surface area contributed by atoms with Crippen molar-refractivity contribution in [3.05, 3.63) is 65.9 Å². The Morgan fingerprint density at radius 1 is 1.00 bits per heavy atom. The van der Waals surface area contributed by atoms with E-state index in [2.05, 4.69) is 40.8 Å². The molecule has 4 saturated carbocycles. The highest BCUT2D eigenvalue weighted by molar-refractivity contribution is 5.84. The first-order valence-corrected chi connectivity index (χ1v) is 12.7. The van der Waals surface area contributed by atoms with E-state index in [4.69, 9.17) is 4.74 Å². The SMILES string of the molecule is O=C(CC12CC3CC(CC(C3)C1)C2)NCCc1c[nH]c2cc(OCc3ccccc3)ccc12. The number of fused-ring (bicyclic) bond motifs is 1. The van der Waals surface area contributed by atoms with Gasteiger partial charge >= 0.3 is 0 Å². The van der Waals surface area contributed by atoms with Gasteiger partial charge in [0.2, 0.25) is 5.91 Å². The van der Waals surface area contributed by atoms with Crippen molar-refractivity contribution < 1.29 is 9.53 Å². The fourth-order valence-corrected chi connectivity index (χ4v) is 7.45. The summed E-state index contributed by atoms with van der Waals surface area (Å²) >= 11 is 0. The van der Waals surface area contributed by atoms with Gasteiger partial charge in [0.15, 0.2) is 0 Å². The molecule has 0 spiro atoms. The monoisotopic (exact) mass is 442 g/mol. The maximum absolute atomic E-state index is 12.8. The molecule has 0 radical (unpaired) electrons. The lowest BCUT2D eigenvalue weighted by molar-refractivity contribution is -0.129. The molecule has 33 heavy (non-hydrogen) atoms. The highest BCUT2D eigenvalue weighted by atomic mass is 16.5. The number of H-pyrrole nitrogens is 1. The third-order valence-electron chi connectivity index (χ3n) is 8.40. The van der Waals surface area contributed by atoms with Crippen LogP contribution in [0.2, 0.25) is 0 Å². The predicted octanol–water partition coefficient (Wildman–Crippen LogP) is 6.01. The first-order chi connectivity index (χ1) is 16.1. The van der Waals surface area contributed by atoms with E-state index in [1.165, 1.54) is 49.5 Å². The fraction of sp³-hybridized carbons (Fsp3) is 0.483. The van der Waals surface area contributed by atoms with Gasteiger partial charge in [-0.3, -0.25) is 4.79 Å². The summed E-state index contributed by atoms with van der Waals surface area (Å²) in [7, 11) is 0. The zero-order valence-electron chi connectivity index (χ0n) is 19.3. The second-order valence-electron chi connectivity index (χ2n) is 11.0. The minimum atomic E-state index is 0.258. The molecule has 4 aliphatic carbocycles. The van der Waals surface area contributed by atoms with E-state index in [-0.39, 0.29) is 5.91 Å². The normalized spacial score (nSPS) is 27.7. The molecule has 0 unspecified atom stereocenters. The number of hydrogen-bond acceptors (Lipinski definition) is 2. The van der Waals surface area contributed by atoms with Crippen LogP contribution in [0.1, 0.15) is 56.1 Å². The lowest BCUT2D eigenvalue weighted by Gasteiger charge is -2.56. The van der Waals surface area contributed by atoms with Crippen LogP contribution in [-0.4, -0.2) is 17.4 Å². The van der Waals surface area contributed by atoms with Gasteiger partial charge in [0.25, 0.3) is 0 Å². The third kappa shape index (κ3) is 4.40. The van der Waals surface area contributed by atoms with Crippen LogP contribution in [0.15, 0.2) is 54.7 Å². The second-order valence-corrected chi connectivity index (χ2v) is 11.0. The topological polar surface area (TPSA) is 54.1 Å². The molecule has 2 N–H and O–H groups in total. The smallest absolute Gasteiger partial charge is 0.220 e.